The Kier molecular flexibility index (Phi) is 7.77. The number of alkyl halides is 3. The van der Waals surface area contributed by atoms with Gasteiger partial charge in [-0.05, 0) is 44.5 Å². The van der Waals surface area contributed by atoms with Gasteiger partial charge >= 0.3 is 12.3 Å². The number of nitrogens with zero attached hydrogens (tertiary/aromatic N) is 5. The number of halogens is 3. The molecular formula is C29H31F3N6O5. The summed E-state index contributed by atoms with van der Waals surface area (Å²) in [6.45, 7) is 5.32. The molecule has 0 spiro atoms. The molecule has 0 aliphatic carbocycles. The fourth-order valence-electron chi connectivity index (χ4n) is 5.09. The molecule has 3 aromatic heterocycles. The van der Waals surface area contributed by atoms with Gasteiger partial charge in [-0.1, -0.05) is 6.07 Å². The van der Waals surface area contributed by atoms with Crippen LogP contribution >= 0.6 is 0 Å². The molecule has 2 amide bonds. The Morgan fingerprint density at radius 3 is 2.58 bits per heavy atom. The first kappa shape index (κ1) is 30.2. The molecule has 228 valence electrons. The number of pyridine rings is 2. The highest BCUT2D eigenvalue weighted by atomic mass is 19.4. The van der Waals surface area contributed by atoms with Crippen LogP contribution in [0.5, 0.6) is 0 Å². The van der Waals surface area contributed by atoms with E-state index in [0.29, 0.717) is 38.5 Å². The number of carbonyl (C=O) groups excluding carboxylic acids is 2. The van der Waals surface area contributed by atoms with Crippen molar-refractivity contribution in [1.29, 1.82) is 0 Å². The van der Waals surface area contributed by atoms with Crippen LogP contribution in [0.15, 0.2) is 30.5 Å². The van der Waals surface area contributed by atoms with E-state index in [1.54, 1.807) is 57.9 Å². The van der Waals surface area contributed by atoms with Crippen LogP contribution in [0.25, 0.3) is 21.8 Å². The van der Waals surface area contributed by atoms with Gasteiger partial charge in [0, 0.05) is 37.7 Å². The average molecular weight is 601 g/mol. The number of hydrogen-bond acceptors (Lipinski definition) is 8. The van der Waals surface area contributed by atoms with E-state index in [4.69, 9.17) is 14.2 Å². The lowest BCUT2D eigenvalue weighted by Crippen LogP contribution is -2.37. The van der Waals surface area contributed by atoms with Crippen molar-refractivity contribution in [2.45, 2.75) is 51.8 Å². The molecule has 43 heavy (non-hydrogen) atoms. The number of fused-ring (bicyclic) bond motifs is 4. The molecule has 1 N–H and O–H groups in total. The molecule has 0 saturated heterocycles. The summed E-state index contributed by atoms with van der Waals surface area (Å²) < 4.78 is 57.7. The number of nitrogens with one attached hydrogen (secondary N) is 1. The number of rotatable bonds is 5. The topological polar surface area (TPSA) is 121 Å². The zero-order valence-corrected chi connectivity index (χ0v) is 24.5. The molecule has 0 radical (unpaired) electrons. The molecule has 0 fully saturated rings. The molecule has 14 heteroatoms. The van der Waals surface area contributed by atoms with Gasteiger partial charge in [-0.25, -0.2) is 14.8 Å². The highest BCUT2D eigenvalue weighted by Gasteiger charge is 2.36. The number of aryl methyl sites for hydroxylation is 1. The van der Waals surface area contributed by atoms with Crippen LogP contribution in [-0.4, -0.2) is 63.0 Å². The minimum absolute atomic E-state index is 0.0685. The molecule has 4 heterocycles. The maximum Gasteiger partial charge on any atom is 0.433 e. The maximum atomic E-state index is 14.0. The lowest BCUT2D eigenvalue weighted by Gasteiger charge is -2.33. The van der Waals surface area contributed by atoms with Gasteiger partial charge in [0.15, 0.2) is 0 Å². The minimum Gasteiger partial charge on any atom is -0.444 e. The largest absolute Gasteiger partial charge is 0.444 e. The van der Waals surface area contributed by atoms with Crippen LogP contribution in [0.1, 0.15) is 59.7 Å². The quantitative estimate of drug-likeness (QED) is 0.325. The van der Waals surface area contributed by atoms with Crippen molar-refractivity contribution in [2.75, 3.05) is 26.1 Å². The zero-order valence-electron chi connectivity index (χ0n) is 24.5. The Bertz CT molecular complexity index is 1730. The standard InChI is InChI=1S/C29H31F3N6O5/c1-28(2,3)43-27(40)36-25-19-11-33-38(5)24(19)18-10-17(15(12-41-6)9-20(18)35-25)26(39)37(4)22-14-42-13-21-16(22)7-8-23(34-21)29(30,31)32/h7-11,22H,12-14H2,1-6H3,(H,35,36,40)/t22-/m0/s1. The molecule has 0 unspecified atom stereocenters. The Hall–Kier alpha value is -4.30. The van der Waals surface area contributed by atoms with Gasteiger partial charge in [0.25, 0.3) is 5.91 Å². The van der Waals surface area contributed by atoms with Crippen LogP contribution in [0.4, 0.5) is 23.8 Å². The first-order valence-electron chi connectivity index (χ1n) is 13.4. The second-order valence-electron chi connectivity index (χ2n) is 11.3. The van der Waals surface area contributed by atoms with Crippen LogP contribution in [0.2, 0.25) is 0 Å². The number of ether oxygens (including phenoxy) is 3. The van der Waals surface area contributed by atoms with Crippen molar-refractivity contribution in [1.82, 2.24) is 24.6 Å². The van der Waals surface area contributed by atoms with E-state index in [2.05, 4.69) is 20.4 Å². The number of aromatic nitrogens is 4. The summed E-state index contributed by atoms with van der Waals surface area (Å²) >= 11 is 0. The predicted octanol–water partition coefficient (Wildman–Crippen LogP) is 5.37. The normalized spacial score (nSPS) is 15.4. The van der Waals surface area contributed by atoms with Crippen molar-refractivity contribution in [3.8, 4) is 0 Å². The van der Waals surface area contributed by atoms with E-state index in [0.717, 1.165) is 6.07 Å². The Morgan fingerprint density at radius 2 is 1.91 bits per heavy atom. The second-order valence-corrected chi connectivity index (χ2v) is 11.3. The fourth-order valence-corrected chi connectivity index (χ4v) is 5.09. The molecule has 11 nitrogen and oxygen atoms in total. The summed E-state index contributed by atoms with van der Waals surface area (Å²) in [4.78, 5) is 36.4. The molecule has 0 bridgehead atoms. The Balaban J connectivity index is 1.57. The van der Waals surface area contributed by atoms with E-state index >= 15 is 0 Å². The summed E-state index contributed by atoms with van der Waals surface area (Å²) in [5.41, 5.74) is 0.797. The molecule has 4 aromatic rings. The number of hydrogen-bond donors (Lipinski definition) is 1. The number of anilines is 1. The number of amides is 2. The van der Waals surface area contributed by atoms with Gasteiger partial charge in [0.1, 0.15) is 17.1 Å². The predicted molar refractivity (Wildman–Crippen MR) is 150 cm³/mol. The van der Waals surface area contributed by atoms with Crippen molar-refractivity contribution in [3.63, 3.8) is 0 Å². The van der Waals surface area contributed by atoms with Crippen LogP contribution in [0, 0.1) is 0 Å². The third kappa shape index (κ3) is 5.97. The summed E-state index contributed by atoms with van der Waals surface area (Å²) in [5.74, 6) is -0.160. The monoisotopic (exact) mass is 600 g/mol. The van der Waals surface area contributed by atoms with E-state index in [1.807, 2.05) is 0 Å². The number of methoxy groups -OCH3 is 1. The van der Waals surface area contributed by atoms with E-state index in [9.17, 15) is 22.8 Å². The van der Waals surface area contributed by atoms with E-state index in [1.165, 1.54) is 18.1 Å². The minimum atomic E-state index is -4.60. The molecule has 0 saturated carbocycles. The number of carbonyl (C=O) groups is 2. The fraction of sp³-hybridized carbons (Fsp3) is 0.414. The smallest absolute Gasteiger partial charge is 0.433 e. The van der Waals surface area contributed by atoms with Gasteiger partial charge in [-0.2, -0.15) is 18.3 Å². The molecule has 1 atom stereocenters. The van der Waals surface area contributed by atoms with Crippen molar-refractivity contribution in [3.05, 3.63) is 58.5 Å². The van der Waals surface area contributed by atoms with Crippen molar-refractivity contribution < 1.29 is 37.0 Å². The highest BCUT2D eigenvalue weighted by molar-refractivity contribution is 6.12. The zero-order chi connectivity index (χ0) is 31.3. The second kappa shape index (κ2) is 11.1. The summed E-state index contributed by atoms with van der Waals surface area (Å²) in [7, 11) is 4.79. The Morgan fingerprint density at radius 1 is 1.16 bits per heavy atom. The first-order chi connectivity index (χ1) is 20.2. The van der Waals surface area contributed by atoms with E-state index in [-0.39, 0.29) is 31.3 Å². The van der Waals surface area contributed by atoms with Crippen LogP contribution in [-0.2, 0) is 40.6 Å². The summed E-state index contributed by atoms with van der Waals surface area (Å²) in [5, 5.41) is 8.17. The van der Waals surface area contributed by atoms with Gasteiger partial charge in [0.05, 0.1) is 54.2 Å². The molecule has 1 aromatic carbocycles. The van der Waals surface area contributed by atoms with Gasteiger partial charge in [-0.15, -0.1) is 0 Å². The number of benzene rings is 1. The van der Waals surface area contributed by atoms with Gasteiger partial charge in [0.2, 0.25) is 0 Å². The third-order valence-corrected chi connectivity index (χ3v) is 7.01. The van der Waals surface area contributed by atoms with Gasteiger partial charge in [-0.3, -0.25) is 14.8 Å². The molecule has 1 aliphatic rings. The maximum absolute atomic E-state index is 14.0. The van der Waals surface area contributed by atoms with Crippen molar-refractivity contribution in [2.24, 2.45) is 7.05 Å². The number of likely N-dealkylation sites (N-methyl/N-ethyl adjacent to an activating group) is 1. The average Bonchev–Trinajstić information content (AvgIpc) is 3.32. The molecule has 1 aliphatic heterocycles. The third-order valence-electron chi connectivity index (χ3n) is 7.01. The molecule has 5 rings (SSSR count). The van der Waals surface area contributed by atoms with Gasteiger partial charge < -0.3 is 19.1 Å². The molecular weight excluding hydrogens is 569 g/mol. The lowest BCUT2D eigenvalue weighted by molar-refractivity contribution is -0.141. The SMILES string of the molecule is COCc1cc2nc(NC(=O)OC(C)(C)C)c3cnn(C)c3c2cc1C(=O)N(C)[C@H]1COCc2nc(C(F)(F)F)ccc21. The van der Waals surface area contributed by atoms with Crippen LogP contribution < -0.4 is 5.32 Å². The van der Waals surface area contributed by atoms with Crippen molar-refractivity contribution >= 4 is 39.6 Å². The van der Waals surface area contributed by atoms with E-state index < -0.39 is 35.5 Å². The highest BCUT2D eigenvalue weighted by Crippen LogP contribution is 2.36. The summed E-state index contributed by atoms with van der Waals surface area (Å²) in [6.07, 6.45) is -3.72. The van der Waals surface area contributed by atoms with Crippen LogP contribution in [0.3, 0.4) is 0 Å². The first-order valence-corrected chi connectivity index (χ1v) is 13.4. The summed E-state index contributed by atoms with van der Waals surface area (Å²) in [6, 6.07) is 4.98. The lowest BCUT2D eigenvalue weighted by atomic mass is 9.98. The Labute approximate surface area is 244 Å².